The van der Waals surface area contributed by atoms with Gasteiger partial charge in [-0.05, 0) is 33.1 Å². The van der Waals surface area contributed by atoms with Crippen molar-refractivity contribution in [2.24, 2.45) is 0 Å². The van der Waals surface area contributed by atoms with Crippen LogP contribution in [0, 0.1) is 0 Å². The van der Waals surface area contributed by atoms with Crippen molar-refractivity contribution in [2.75, 3.05) is 6.54 Å². The van der Waals surface area contributed by atoms with E-state index in [1.54, 1.807) is 0 Å². The molecule has 2 heteroatoms. The maximum absolute atomic E-state index is 2.66. The summed E-state index contributed by atoms with van der Waals surface area (Å²) in [6, 6.07) is 0.607. The Kier molecular flexibility index (Phi) is 21.9. The first-order valence-electron chi connectivity index (χ1n) is 16.4. The molecule has 0 saturated carbocycles. The molecule has 0 aromatic heterocycles. The summed E-state index contributed by atoms with van der Waals surface area (Å²) in [7, 11) is 0. The fourth-order valence-electron chi connectivity index (χ4n) is 5.71. The molecule has 208 valence electrons. The fraction of sp³-hybridized carbons (Fsp3) is 0.939. The van der Waals surface area contributed by atoms with Crippen LogP contribution in [0.2, 0.25) is 0 Å². The Morgan fingerprint density at radius 2 is 0.857 bits per heavy atom. The summed E-state index contributed by atoms with van der Waals surface area (Å²) in [6.07, 6.45) is 39.7. The molecule has 0 N–H and O–H groups in total. The van der Waals surface area contributed by atoms with Crippen molar-refractivity contribution in [3.05, 3.63) is 12.4 Å². The van der Waals surface area contributed by atoms with E-state index < -0.39 is 0 Å². The number of unbranched alkanes of at least 4 members (excludes halogenated alkanes) is 21. The Bertz CT molecular complexity index is 458. The van der Waals surface area contributed by atoms with Crippen LogP contribution in [0.4, 0.5) is 0 Å². The molecular formula is C33H66N2. The molecule has 0 spiro atoms. The predicted molar refractivity (Wildman–Crippen MR) is 159 cm³/mol. The molecular weight excluding hydrogens is 424 g/mol. The SMILES string of the molecule is CCCCCCCCCCCCCCN1C=CN(C(C)C)C1CCCCCCCCCCCCC. The number of hydrogen-bond acceptors (Lipinski definition) is 2. The highest BCUT2D eigenvalue weighted by molar-refractivity contribution is 4.98. The van der Waals surface area contributed by atoms with Gasteiger partial charge in [0.2, 0.25) is 0 Å². The maximum atomic E-state index is 2.66. The summed E-state index contributed by atoms with van der Waals surface area (Å²) in [6.45, 7) is 10.6. The first-order chi connectivity index (χ1) is 17.2. The highest BCUT2D eigenvalue weighted by atomic mass is 15.4. The van der Waals surface area contributed by atoms with Gasteiger partial charge in [0.25, 0.3) is 0 Å². The second kappa shape index (κ2) is 23.7. The zero-order valence-corrected chi connectivity index (χ0v) is 24.9. The van der Waals surface area contributed by atoms with Gasteiger partial charge in [-0.15, -0.1) is 0 Å². The van der Waals surface area contributed by atoms with E-state index in [0.29, 0.717) is 12.2 Å². The molecule has 0 bridgehead atoms. The van der Waals surface area contributed by atoms with Crippen LogP contribution in [-0.4, -0.2) is 28.6 Å². The van der Waals surface area contributed by atoms with Crippen molar-refractivity contribution >= 4 is 0 Å². The molecule has 2 nitrogen and oxygen atoms in total. The lowest BCUT2D eigenvalue weighted by Crippen LogP contribution is -2.42. The smallest absolute Gasteiger partial charge is 0.101 e. The van der Waals surface area contributed by atoms with Crippen molar-refractivity contribution in [2.45, 2.75) is 194 Å². The zero-order valence-electron chi connectivity index (χ0n) is 24.9. The van der Waals surface area contributed by atoms with E-state index in [4.69, 9.17) is 0 Å². The van der Waals surface area contributed by atoms with Crippen molar-refractivity contribution in [1.82, 2.24) is 9.80 Å². The first kappa shape index (κ1) is 32.4. The van der Waals surface area contributed by atoms with Gasteiger partial charge in [-0.3, -0.25) is 0 Å². The minimum absolute atomic E-state index is 0.607. The summed E-state index contributed by atoms with van der Waals surface area (Å²) in [5.41, 5.74) is 0. The van der Waals surface area contributed by atoms with Crippen LogP contribution in [0.5, 0.6) is 0 Å². The number of hydrogen-bond donors (Lipinski definition) is 0. The third kappa shape index (κ3) is 17.4. The van der Waals surface area contributed by atoms with Crippen LogP contribution >= 0.6 is 0 Å². The van der Waals surface area contributed by atoms with Crippen molar-refractivity contribution in [3.8, 4) is 0 Å². The van der Waals surface area contributed by atoms with Gasteiger partial charge in [0.15, 0.2) is 0 Å². The minimum Gasteiger partial charge on any atom is -0.356 e. The average molecular weight is 491 g/mol. The Morgan fingerprint density at radius 3 is 1.26 bits per heavy atom. The van der Waals surface area contributed by atoms with E-state index in [2.05, 4.69) is 49.9 Å². The van der Waals surface area contributed by atoms with E-state index in [9.17, 15) is 0 Å². The molecule has 0 radical (unpaired) electrons. The highest BCUT2D eigenvalue weighted by Crippen LogP contribution is 2.25. The van der Waals surface area contributed by atoms with Gasteiger partial charge >= 0.3 is 0 Å². The van der Waals surface area contributed by atoms with Gasteiger partial charge < -0.3 is 9.80 Å². The topological polar surface area (TPSA) is 6.48 Å². The molecule has 0 amide bonds. The third-order valence-corrected chi connectivity index (χ3v) is 8.09. The number of nitrogens with zero attached hydrogens (tertiary/aromatic N) is 2. The van der Waals surface area contributed by atoms with E-state index in [1.165, 1.54) is 161 Å². The Balaban J connectivity index is 2.05. The van der Waals surface area contributed by atoms with Gasteiger partial charge in [0.05, 0.1) is 0 Å². The van der Waals surface area contributed by atoms with Crippen LogP contribution in [0.1, 0.15) is 182 Å². The molecule has 1 aliphatic heterocycles. The van der Waals surface area contributed by atoms with Crippen molar-refractivity contribution in [3.63, 3.8) is 0 Å². The molecule has 0 fully saturated rings. The van der Waals surface area contributed by atoms with Crippen LogP contribution in [0.15, 0.2) is 12.4 Å². The Morgan fingerprint density at radius 1 is 0.486 bits per heavy atom. The average Bonchev–Trinajstić information content (AvgIpc) is 3.26. The van der Waals surface area contributed by atoms with Crippen LogP contribution < -0.4 is 0 Å². The van der Waals surface area contributed by atoms with Crippen molar-refractivity contribution in [1.29, 1.82) is 0 Å². The zero-order chi connectivity index (χ0) is 25.4. The summed E-state index contributed by atoms with van der Waals surface area (Å²) in [5, 5.41) is 0. The summed E-state index contributed by atoms with van der Waals surface area (Å²) in [4.78, 5) is 5.27. The molecule has 35 heavy (non-hydrogen) atoms. The quantitative estimate of drug-likeness (QED) is 0.111. The molecule has 1 heterocycles. The minimum atomic E-state index is 0.607. The van der Waals surface area contributed by atoms with E-state index >= 15 is 0 Å². The van der Waals surface area contributed by atoms with Crippen LogP contribution in [0.25, 0.3) is 0 Å². The van der Waals surface area contributed by atoms with Crippen LogP contribution in [-0.2, 0) is 0 Å². The lowest BCUT2D eigenvalue weighted by molar-refractivity contribution is 0.114. The number of rotatable bonds is 26. The van der Waals surface area contributed by atoms with Gasteiger partial charge in [0.1, 0.15) is 6.17 Å². The molecule has 0 aromatic rings. The fourth-order valence-corrected chi connectivity index (χ4v) is 5.71. The summed E-state index contributed by atoms with van der Waals surface area (Å²) < 4.78 is 0. The van der Waals surface area contributed by atoms with E-state index in [-0.39, 0.29) is 0 Å². The summed E-state index contributed by atoms with van der Waals surface area (Å²) in [5.74, 6) is 0. The second-order valence-corrected chi connectivity index (χ2v) is 11.8. The highest BCUT2D eigenvalue weighted by Gasteiger charge is 2.26. The molecule has 0 saturated heterocycles. The standard InChI is InChI=1S/C33H66N2/c1-5-7-9-11-13-15-17-19-21-23-25-27-29-34-30-31-35(32(3)4)33(34)28-26-24-22-20-18-16-14-12-10-8-6-2/h30-33H,5-29H2,1-4H3. The van der Waals surface area contributed by atoms with E-state index in [1.807, 2.05) is 0 Å². The van der Waals surface area contributed by atoms with Gasteiger partial charge in [0, 0.05) is 25.0 Å². The monoisotopic (exact) mass is 491 g/mol. The van der Waals surface area contributed by atoms with Gasteiger partial charge in [-0.25, -0.2) is 0 Å². The molecule has 1 rings (SSSR count). The maximum Gasteiger partial charge on any atom is 0.101 e. The lowest BCUT2D eigenvalue weighted by atomic mass is 10.0. The van der Waals surface area contributed by atoms with Crippen LogP contribution in [0.3, 0.4) is 0 Å². The molecule has 1 aliphatic rings. The van der Waals surface area contributed by atoms with Gasteiger partial charge in [-0.2, -0.15) is 0 Å². The Labute approximate surface area is 222 Å². The predicted octanol–water partition coefficient (Wildman–Crippen LogP) is 11.2. The lowest BCUT2D eigenvalue weighted by Gasteiger charge is -2.35. The third-order valence-electron chi connectivity index (χ3n) is 8.09. The Hall–Kier alpha value is -0.660. The summed E-state index contributed by atoms with van der Waals surface area (Å²) >= 11 is 0. The van der Waals surface area contributed by atoms with Crippen molar-refractivity contribution < 1.29 is 0 Å². The largest absolute Gasteiger partial charge is 0.356 e. The molecule has 1 atom stereocenters. The molecule has 1 unspecified atom stereocenters. The van der Waals surface area contributed by atoms with E-state index in [0.717, 1.165) is 0 Å². The second-order valence-electron chi connectivity index (χ2n) is 11.8. The normalized spacial score (nSPS) is 15.7. The molecule has 0 aliphatic carbocycles. The first-order valence-corrected chi connectivity index (χ1v) is 16.4. The molecule has 0 aromatic carbocycles. The van der Waals surface area contributed by atoms with Gasteiger partial charge in [-0.1, -0.05) is 149 Å².